The Hall–Kier alpha value is -1.81. The van der Waals surface area contributed by atoms with Crippen molar-refractivity contribution >= 4 is 10.0 Å². The molecule has 2 heterocycles. The van der Waals surface area contributed by atoms with Gasteiger partial charge in [0.05, 0.1) is 19.0 Å². The SMILES string of the molecule is CCCNCCO[C@@H]1CN(S(=O)(=O)c2cn(C)cn2)C[C@H]1c1ccc(F)cc1. The van der Waals surface area contributed by atoms with E-state index >= 15 is 0 Å². The van der Waals surface area contributed by atoms with Crippen LogP contribution in [0.3, 0.4) is 0 Å². The lowest BCUT2D eigenvalue weighted by Gasteiger charge is -2.19. The van der Waals surface area contributed by atoms with Crippen molar-refractivity contribution in [2.45, 2.75) is 30.4 Å². The molecule has 1 aromatic heterocycles. The minimum Gasteiger partial charge on any atom is -0.375 e. The van der Waals surface area contributed by atoms with Gasteiger partial charge in [0.1, 0.15) is 5.82 Å². The Morgan fingerprint density at radius 3 is 2.64 bits per heavy atom. The first-order valence-corrected chi connectivity index (χ1v) is 10.9. The molecule has 154 valence electrons. The molecule has 0 aliphatic carbocycles. The van der Waals surface area contributed by atoms with Gasteiger partial charge in [-0.2, -0.15) is 4.31 Å². The van der Waals surface area contributed by atoms with Gasteiger partial charge in [-0.1, -0.05) is 19.1 Å². The molecule has 2 aromatic rings. The second kappa shape index (κ2) is 9.13. The predicted molar refractivity (Wildman–Crippen MR) is 104 cm³/mol. The van der Waals surface area contributed by atoms with E-state index in [0.717, 1.165) is 18.5 Å². The minimum atomic E-state index is -3.71. The van der Waals surface area contributed by atoms with Crippen molar-refractivity contribution < 1.29 is 17.5 Å². The molecule has 3 rings (SSSR count). The van der Waals surface area contributed by atoms with E-state index in [9.17, 15) is 12.8 Å². The smallest absolute Gasteiger partial charge is 0.262 e. The van der Waals surface area contributed by atoms with Gasteiger partial charge in [0.25, 0.3) is 10.0 Å². The molecule has 1 aliphatic rings. The first-order valence-electron chi connectivity index (χ1n) is 9.47. The first-order chi connectivity index (χ1) is 13.4. The van der Waals surface area contributed by atoms with Crippen molar-refractivity contribution in [1.82, 2.24) is 19.2 Å². The van der Waals surface area contributed by atoms with Crippen LogP contribution in [0.15, 0.2) is 41.8 Å². The number of hydrogen-bond donors (Lipinski definition) is 1. The summed E-state index contributed by atoms with van der Waals surface area (Å²) >= 11 is 0. The number of aromatic nitrogens is 2. The average molecular weight is 411 g/mol. The van der Waals surface area contributed by atoms with Gasteiger partial charge in [0.2, 0.25) is 0 Å². The number of benzene rings is 1. The number of halogens is 1. The third-order valence-electron chi connectivity index (χ3n) is 4.85. The standard InChI is InChI=1S/C19H27FN4O3S/c1-3-8-21-9-10-27-18-12-24(28(25,26)19-13-23(2)14-22-19)11-17(18)15-4-6-16(20)7-5-15/h4-7,13-14,17-18,21H,3,8-12H2,1-2H3/t17-,18+/m0/s1. The van der Waals surface area contributed by atoms with E-state index in [1.165, 1.54) is 29.0 Å². The van der Waals surface area contributed by atoms with Crippen LogP contribution in [0.2, 0.25) is 0 Å². The number of ether oxygens (including phenoxy) is 1. The Kier molecular flexibility index (Phi) is 6.82. The fourth-order valence-corrected chi connectivity index (χ4v) is 4.82. The van der Waals surface area contributed by atoms with Crippen molar-refractivity contribution in [2.75, 3.05) is 32.8 Å². The molecule has 7 nitrogen and oxygen atoms in total. The van der Waals surface area contributed by atoms with Crippen LogP contribution in [0, 0.1) is 5.82 Å². The van der Waals surface area contributed by atoms with E-state index in [2.05, 4.69) is 17.2 Å². The Balaban J connectivity index is 1.76. The number of nitrogens with zero attached hydrogens (tertiary/aromatic N) is 3. The second-order valence-corrected chi connectivity index (χ2v) is 8.90. The quantitative estimate of drug-likeness (QED) is 0.637. The molecule has 1 N–H and O–H groups in total. The van der Waals surface area contributed by atoms with Crippen molar-refractivity contribution in [3.8, 4) is 0 Å². The summed E-state index contributed by atoms with van der Waals surface area (Å²) in [4.78, 5) is 4.00. The fourth-order valence-electron chi connectivity index (χ4n) is 3.37. The van der Waals surface area contributed by atoms with E-state index in [1.54, 1.807) is 23.7 Å². The molecule has 0 radical (unpaired) electrons. The van der Waals surface area contributed by atoms with Crippen LogP contribution in [-0.2, 0) is 21.8 Å². The van der Waals surface area contributed by atoms with Gasteiger partial charge in [0, 0.05) is 38.8 Å². The number of nitrogens with one attached hydrogen (secondary N) is 1. The van der Waals surface area contributed by atoms with Crippen molar-refractivity contribution in [2.24, 2.45) is 7.05 Å². The van der Waals surface area contributed by atoms with Crippen LogP contribution < -0.4 is 5.32 Å². The Morgan fingerprint density at radius 2 is 2.00 bits per heavy atom. The van der Waals surface area contributed by atoms with E-state index in [1.807, 2.05) is 0 Å². The highest BCUT2D eigenvalue weighted by atomic mass is 32.2. The lowest BCUT2D eigenvalue weighted by atomic mass is 9.96. The third kappa shape index (κ3) is 4.78. The summed E-state index contributed by atoms with van der Waals surface area (Å²) in [6.07, 6.45) is 3.70. The largest absolute Gasteiger partial charge is 0.375 e. The summed E-state index contributed by atoms with van der Waals surface area (Å²) in [5.74, 6) is -0.480. The summed E-state index contributed by atoms with van der Waals surface area (Å²) in [6, 6.07) is 6.18. The van der Waals surface area contributed by atoms with E-state index < -0.39 is 10.0 Å². The Bertz CT molecular complexity index is 870. The highest BCUT2D eigenvalue weighted by Crippen LogP contribution is 2.33. The van der Waals surface area contributed by atoms with Crippen LogP contribution in [-0.4, -0.2) is 61.2 Å². The van der Waals surface area contributed by atoms with Crippen molar-refractivity contribution in [1.29, 1.82) is 0 Å². The molecule has 0 unspecified atom stereocenters. The molecule has 1 saturated heterocycles. The van der Waals surface area contributed by atoms with E-state index in [0.29, 0.717) is 13.2 Å². The highest BCUT2D eigenvalue weighted by molar-refractivity contribution is 7.89. The molecule has 2 atom stereocenters. The lowest BCUT2D eigenvalue weighted by molar-refractivity contribution is 0.0552. The van der Waals surface area contributed by atoms with Gasteiger partial charge in [-0.25, -0.2) is 17.8 Å². The first kappa shape index (κ1) is 20.9. The molecular formula is C19H27FN4O3S. The lowest BCUT2D eigenvalue weighted by Crippen LogP contribution is -2.31. The van der Waals surface area contributed by atoms with Crippen molar-refractivity contribution in [3.05, 3.63) is 48.2 Å². The molecule has 0 amide bonds. The second-order valence-electron chi connectivity index (χ2n) is 7.02. The maximum atomic E-state index is 13.3. The summed E-state index contributed by atoms with van der Waals surface area (Å²) in [7, 11) is -1.98. The van der Waals surface area contributed by atoms with Gasteiger partial charge in [-0.15, -0.1) is 0 Å². The average Bonchev–Trinajstić information content (AvgIpc) is 3.30. The van der Waals surface area contributed by atoms with Crippen LogP contribution >= 0.6 is 0 Å². The summed E-state index contributed by atoms with van der Waals surface area (Å²) < 4.78 is 48.3. The van der Waals surface area contributed by atoms with E-state index in [-0.39, 0.29) is 36.0 Å². The normalized spacial score (nSPS) is 20.7. The van der Waals surface area contributed by atoms with Crippen LogP contribution in [0.5, 0.6) is 0 Å². The Labute approximate surface area is 165 Å². The molecule has 1 fully saturated rings. The maximum absolute atomic E-state index is 13.3. The van der Waals surface area contributed by atoms with Gasteiger partial charge >= 0.3 is 0 Å². The third-order valence-corrected chi connectivity index (χ3v) is 6.57. The molecule has 0 saturated carbocycles. The van der Waals surface area contributed by atoms with E-state index in [4.69, 9.17) is 4.74 Å². The number of rotatable bonds is 9. The number of imidazole rings is 1. The van der Waals surface area contributed by atoms with Crippen LogP contribution in [0.1, 0.15) is 24.8 Å². The molecule has 0 spiro atoms. The topological polar surface area (TPSA) is 76.5 Å². The summed E-state index contributed by atoms with van der Waals surface area (Å²) in [5, 5.41) is 3.30. The van der Waals surface area contributed by atoms with Crippen LogP contribution in [0.25, 0.3) is 0 Å². The van der Waals surface area contributed by atoms with Crippen molar-refractivity contribution in [3.63, 3.8) is 0 Å². The summed E-state index contributed by atoms with van der Waals surface area (Å²) in [5.41, 5.74) is 0.867. The predicted octanol–water partition coefficient (Wildman–Crippen LogP) is 1.73. The number of sulfonamides is 1. The molecule has 28 heavy (non-hydrogen) atoms. The van der Waals surface area contributed by atoms with Gasteiger partial charge in [-0.05, 0) is 30.7 Å². The fraction of sp³-hybridized carbons (Fsp3) is 0.526. The molecule has 1 aliphatic heterocycles. The van der Waals surface area contributed by atoms with Crippen LogP contribution in [0.4, 0.5) is 4.39 Å². The zero-order chi connectivity index (χ0) is 20.1. The zero-order valence-corrected chi connectivity index (χ0v) is 17.0. The summed E-state index contributed by atoms with van der Waals surface area (Å²) in [6.45, 7) is 4.71. The zero-order valence-electron chi connectivity index (χ0n) is 16.2. The minimum absolute atomic E-state index is 0.0260. The number of aryl methyl sites for hydroxylation is 1. The van der Waals surface area contributed by atoms with Gasteiger partial charge < -0.3 is 14.6 Å². The molecule has 1 aromatic carbocycles. The molecular weight excluding hydrogens is 383 g/mol. The number of hydrogen-bond acceptors (Lipinski definition) is 5. The highest BCUT2D eigenvalue weighted by Gasteiger charge is 2.41. The van der Waals surface area contributed by atoms with Gasteiger partial charge in [-0.3, -0.25) is 0 Å². The monoisotopic (exact) mass is 410 g/mol. The molecule has 0 bridgehead atoms. The van der Waals surface area contributed by atoms with Gasteiger partial charge in [0.15, 0.2) is 5.03 Å². The maximum Gasteiger partial charge on any atom is 0.262 e. The Morgan fingerprint density at radius 1 is 1.25 bits per heavy atom. The molecule has 9 heteroatoms.